The molecule has 8 heteroatoms. The normalized spacial score (nSPS) is 26.1. The van der Waals surface area contributed by atoms with Gasteiger partial charge < -0.3 is 10.6 Å². The van der Waals surface area contributed by atoms with Crippen molar-refractivity contribution in [1.82, 2.24) is 15.2 Å². The SMILES string of the molecule is CNCC1CCC2C(C(=O)Nc3nc4c(F)cc(F)cc4s3)CCCN2C1. The quantitative estimate of drug-likeness (QED) is 0.836. The molecule has 2 aromatic rings. The summed E-state index contributed by atoms with van der Waals surface area (Å²) < 4.78 is 27.6. The molecule has 0 saturated carbocycles. The fraction of sp³-hybridized carbons (Fsp3) is 0.579. The number of piperidine rings is 2. The highest BCUT2D eigenvalue weighted by atomic mass is 32.1. The van der Waals surface area contributed by atoms with Gasteiger partial charge in [0.15, 0.2) is 10.9 Å². The van der Waals surface area contributed by atoms with Gasteiger partial charge in [-0.2, -0.15) is 0 Å². The van der Waals surface area contributed by atoms with Crippen molar-refractivity contribution in [3.8, 4) is 0 Å². The Kier molecular flexibility index (Phi) is 5.39. The Bertz CT molecular complexity index is 842. The third-order valence-electron chi connectivity index (χ3n) is 5.73. The lowest BCUT2D eigenvalue weighted by molar-refractivity contribution is -0.124. The van der Waals surface area contributed by atoms with Gasteiger partial charge in [-0.15, -0.1) is 0 Å². The van der Waals surface area contributed by atoms with Gasteiger partial charge in [-0.1, -0.05) is 11.3 Å². The molecule has 2 N–H and O–H groups in total. The molecule has 2 fully saturated rings. The highest BCUT2D eigenvalue weighted by Gasteiger charge is 2.39. The van der Waals surface area contributed by atoms with Crippen molar-refractivity contribution in [2.75, 3.05) is 32.0 Å². The van der Waals surface area contributed by atoms with Gasteiger partial charge in [0.1, 0.15) is 11.3 Å². The highest BCUT2D eigenvalue weighted by Crippen LogP contribution is 2.35. The average Bonchev–Trinajstić information content (AvgIpc) is 3.04. The molecule has 2 aliphatic rings. The van der Waals surface area contributed by atoms with Crippen LogP contribution in [0.15, 0.2) is 12.1 Å². The number of nitrogens with one attached hydrogen (secondary N) is 2. The monoisotopic (exact) mass is 394 g/mol. The lowest BCUT2D eigenvalue weighted by Gasteiger charge is -2.46. The van der Waals surface area contributed by atoms with E-state index < -0.39 is 11.6 Å². The molecule has 4 rings (SSSR count). The van der Waals surface area contributed by atoms with E-state index in [1.807, 2.05) is 7.05 Å². The summed E-state index contributed by atoms with van der Waals surface area (Å²) in [6.45, 7) is 3.08. The zero-order valence-electron chi connectivity index (χ0n) is 15.3. The number of hydrogen-bond donors (Lipinski definition) is 2. The summed E-state index contributed by atoms with van der Waals surface area (Å²) in [5, 5.41) is 6.44. The number of amides is 1. The molecular weight excluding hydrogens is 370 g/mol. The number of rotatable bonds is 4. The summed E-state index contributed by atoms with van der Waals surface area (Å²) in [4.78, 5) is 19.5. The Balaban J connectivity index is 1.47. The molecule has 0 bridgehead atoms. The number of carbonyl (C=O) groups excluding carboxylic acids is 1. The van der Waals surface area contributed by atoms with Crippen LogP contribution in [-0.2, 0) is 4.79 Å². The molecule has 1 aromatic heterocycles. The molecule has 1 amide bonds. The number of benzene rings is 1. The van der Waals surface area contributed by atoms with Crippen LogP contribution in [0.4, 0.5) is 13.9 Å². The van der Waals surface area contributed by atoms with E-state index in [0.717, 1.165) is 62.7 Å². The molecule has 0 aliphatic carbocycles. The van der Waals surface area contributed by atoms with Gasteiger partial charge in [-0.3, -0.25) is 9.69 Å². The maximum absolute atomic E-state index is 13.9. The van der Waals surface area contributed by atoms with E-state index in [4.69, 9.17) is 0 Å². The summed E-state index contributed by atoms with van der Waals surface area (Å²) >= 11 is 1.11. The first kappa shape index (κ1) is 18.7. The first-order chi connectivity index (χ1) is 13.0. The molecule has 0 spiro atoms. The zero-order chi connectivity index (χ0) is 19.0. The van der Waals surface area contributed by atoms with E-state index in [1.54, 1.807) is 0 Å². The molecule has 0 radical (unpaired) electrons. The second-order valence-electron chi connectivity index (χ2n) is 7.55. The largest absolute Gasteiger partial charge is 0.319 e. The molecule has 2 aliphatic heterocycles. The predicted molar refractivity (Wildman–Crippen MR) is 103 cm³/mol. The minimum atomic E-state index is -0.701. The molecule has 146 valence electrons. The van der Waals surface area contributed by atoms with Crippen molar-refractivity contribution >= 4 is 32.6 Å². The van der Waals surface area contributed by atoms with Crippen molar-refractivity contribution in [1.29, 1.82) is 0 Å². The number of anilines is 1. The van der Waals surface area contributed by atoms with Crippen LogP contribution >= 0.6 is 11.3 Å². The van der Waals surface area contributed by atoms with Crippen molar-refractivity contribution in [2.24, 2.45) is 11.8 Å². The smallest absolute Gasteiger partial charge is 0.230 e. The second-order valence-corrected chi connectivity index (χ2v) is 8.59. The van der Waals surface area contributed by atoms with Crippen molar-refractivity contribution in [3.05, 3.63) is 23.8 Å². The van der Waals surface area contributed by atoms with E-state index in [0.29, 0.717) is 15.7 Å². The lowest BCUT2D eigenvalue weighted by atomic mass is 9.80. The first-order valence-electron chi connectivity index (χ1n) is 9.50. The Hall–Kier alpha value is -1.64. The summed E-state index contributed by atoms with van der Waals surface area (Å²) in [6.07, 6.45) is 4.00. The van der Waals surface area contributed by atoms with Crippen LogP contribution in [0.5, 0.6) is 0 Å². The first-order valence-corrected chi connectivity index (χ1v) is 10.3. The van der Waals surface area contributed by atoms with E-state index in [9.17, 15) is 13.6 Å². The average molecular weight is 394 g/mol. The van der Waals surface area contributed by atoms with Crippen LogP contribution < -0.4 is 10.6 Å². The van der Waals surface area contributed by atoms with Gasteiger partial charge in [0.25, 0.3) is 0 Å². The van der Waals surface area contributed by atoms with Crippen LogP contribution in [0.2, 0.25) is 0 Å². The third-order valence-corrected chi connectivity index (χ3v) is 6.65. The molecule has 3 unspecified atom stereocenters. The topological polar surface area (TPSA) is 57.3 Å². The van der Waals surface area contributed by atoms with E-state index >= 15 is 0 Å². The number of aromatic nitrogens is 1. The van der Waals surface area contributed by atoms with E-state index in [1.165, 1.54) is 6.07 Å². The molecule has 27 heavy (non-hydrogen) atoms. The number of halogens is 2. The summed E-state index contributed by atoms with van der Waals surface area (Å²) in [7, 11) is 1.98. The van der Waals surface area contributed by atoms with Crippen LogP contribution in [0.1, 0.15) is 25.7 Å². The Morgan fingerprint density at radius 2 is 2.19 bits per heavy atom. The van der Waals surface area contributed by atoms with Gasteiger partial charge in [-0.05, 0) is 57.8 Å². The number of thiazole rings is 1. The minimum Gasteiger partial charge on any atom is -0.319 e. The van der Waals surface area contributed by atoms with Gasteiger partial charge in [0.05, 0.1) is 10.6 Å². The fourth-order valence-electron chi connectivity index (χ4n) is 4.54. The number of carbonyl (C=O) groups is 1. The van der Waals surface area contributed by atoms with Gasteiger partial charge in [-0.25, -0.2) is 13.8 Å². The van der Waals surface area contributed by atoms with Crippen molar-refractivity contribution in [3.63, 3.8) is 0 Å². The zero-order valence-corrected chi connectivity index (χ0v) is 16.1. The maximum atomic E-state index is 13.9. The highest BCUT2D eigenvalue weighted by molar-refractivity contribution is 7.22. The van der Waals surface area contributed by atoms with Crippen LogP contribution in [0.25, 0.3) is 10.2 Å². The molecule has 2 saturated heterocycles. The number of hydrogen-bond acceptors (Lipinski definition) is 5. The van der Waals surface area contributed by atoms with Crippen molar-refractivity contribution < 1.29 is 13.6 Å². The van der Waals surface area contributed by atoms with Gasteiger partial charge in [0.2, 0.25) is 5.91 Å². The number of nitrogens with zero attached hydrogens (tertiary/aromatic N) is 2. The molecule has 1 aromatic carbocycles. The minimum absolute atomic E-state index is 0.0586. The third kappa shape index (κ3) is 3.83. The van der Waals surface area contributed by atoms with Crippen molar-refractivity contribution in [2.45, 2.75) is 31.7 Å². The molecule has 3 atom stereocenters. The summed E-state index contributed by atoms with van der Waals surface area (Å²) in [5.74, 6) is -0.842. The number of fused-ring (bicyclic) bond motifs is 2. The van der Waals surface area contributed by atoms with Crippen LogP contribution in [-0.4, -0.2) is 48.5 Å². The predicted octanol–water partition coefficient (Wildman–Crippen LogP) is 3.22. The van der Waals surface area contributed by atoms with E-state index in [-0.39, 0.29) is 23.4 Å². The fourth-order valence-corrected chi connectivity index (χ4v) is 5.44. The second kappa shape index (κ2) is 7.77. The van der Waals surface area contributed by atoms with Crippen LogP contribution in [0.3, 0.4) is 0 Å². The summed E-state index contributed by atoms with van der Waals surface area (Å²) in [5.41, 5.74) is 0.106. The lowest BCUT2D eigenvalue weighted by Crippen LogP contribution is -2.54. The van der Waals surface area contributed by atoms with Gasteiger partial charge >= 0.3 is 0 Å². The maximum Gasteiger partial charge on any atom is 0.230 e. The van der Waals surface area contributed by atoms with E-state index in [2.05, 4.69) is 20.5 Å². The Morgan fingerprint density at radius 3 is 3.00 bits per heavy atom. The standard InChI is InChI=1S/C19H24F2N4OS/c1-22-9-11-4-5-15-13(3-2-6-25(15)10-11)18(26)24-19-23-17-14(21)7-12(20)8-16(17)27-19/h7-8,11,13,15,22H,2-6,9-10H2,1H3,(H,23,24,26). The van der Waals surface area contributed by atoms with Crippen LogP contribution in [0, 0.1) is 23.5 Å². The Labute approximate surface area is 161 Å². The molecule has 5 nitrogen and oxygen atoms in total. The molecular formula is C19H24F2N4OS. The van der Waals surface area contributed by atoms with Gasteiger partial charge in [0, 0.05) is 18.7 Å². The molecule has 3 heterocycles. The Morgan fingerprint density at radius 1 is 1.33 bits per heavy atom. The summed E-state index contributed by atoms with van der Waals surface area (Å²) in [6, 6.07) is 2.32.